The molecule has 0 amide bonds. The predicted octanol–water partition coefficient (Wildman–Crippen LogP) is 2.09. The van der Waals surface area contributed by atoms with Crippen molar-refractivity contribution in [3.8, 4) is 0 Å². The minimum atomic E-state index is 0.847. The molecule has 2 rings (SSSR count). The summed E-state index contributed by atoms with van der Waals surface area (Å²) in [7, 11) is 0. The van der Waals surface area contributed by atoms with E-state index in [1.54, 1.807) is 0 Å². The minimum absolute atomic E-state index is 0.847. The van der Waals surface area contributed by atoms with Crippen molar-refractivity contribution in [1.82, 2.24) is 14.8 Å². The van der Waals surface area contributed by atoms with Crippen molar-refractivity contribution in [3.05, 3.63) is 11.6 Å². The first-order valence-corrected chi connectivity index (χ1v) is 5.14. The summed E-state index contributed by atoms with van der Waals surface area (Å²) in [6, 6.07) is 0. The summed E-state index contributed by atoms with van der Waals surface area (Å²) >= 11 is 0. The molecule has 0 aliphatic heterocycles. The van der Waals surface area contributed by atoms with Gasteiger partial charge >= 0.3 is 0 Å². The van der Waals surface area contributed by atoms with E-state index in [2.05, 4.69) is 14.8 Å². The largest absolute Gasteiger partial charge is 0.250 e. The molecule has 0 atom stereocenters. The van der Waals surface area contributed by atoms with Crippen molar-refractivity contribution in [2.45, 2.75) is 46.1 Å². The van der Waals surface area contributed by atoms with Gasteiger partial charge in [-0.15, -0.1) is 0 Å². The molecular formula is C10H17N3. The fourth-order valence-corrected chi connectivity index (χ4v) is 2.17. The number of aryl methyl sites for hydroxylation is 2. The molecule has 3 nitrogen and oxygen atoms in total. The molecule has 1 aromatic rings. The van der Waals surface area contributed by atoms with Gasteiger partial charge in [0, 0.05) is 6.54 Å². The highest BCUT2D eigenvalue weighted by atomic mass is 15.3. The predicted molar refractivity (Wildman–Crippen MR) is 51.5 cm³/mol. The normalized spacial score (nSPS) is 18.3. The molecule has 0 saturated heterocycles. The lowest BCUT2D eigenvalue weighted by molar-refractivity contribution is 0.421. The molecular weight excluding hydrogens is 162 g/mol. The van der Waals surface area contributed by atoms with Crippen molar-refractivity contribution >= 4 is 0 Å². The average molecular weight is 179 g/mol. The number of rotatable bonds is 2. The van der Waals surface area contributed by atoms with Gasteiger partial charge in [-0.3, -0.25) is 0 Å². The fraction of sp³-hybridized carbons (Fsp3) is 0.800. The van der Waals surface area contributed by atoms with E-state index in [1.165, 1.54) is 25.7 Å². The molecule has 3 heteroatoms. The second-order valence-corrected chi connectivity index (χ2v) is 4.04. The van der Waals surface area contributed by atoms with Gasteiger partial charge in [-0.2, -0.15) is 5.10 Å². The van der Waals surface area contributed by atoms with Gasteiger partial charge in [0.25, 0.3) is 0 Å². The number of hydrogen-bond acceptors (Lipinski definition) is 2. The summed E-state index contributed by atoms with van der Waals surface area (Å²) in [5.41, 5.74) is 0. The Morgan fingerprint density at radius 1 is 1.31 bits per heavy atom. The summed E-state index contributed by atoms with van der Waals surface area (Å²) in [4.78, 5) is 4.30. The molecule has 1 saturated carbocycles. The molecule has 0 N–H and O–H groups in total. The fourth-order valence-electron chi connectivity index (χ4n) is 2.17. The Balaban J connectivity index is 2.03. The van der Waals surface area contributed by atoms with Crippen LogP contribution in [0.25, 0.3) is 0 Å². The monoisotopic (exact) mass is 179 g/mol. The zero-order chi connectivity index (χ0) is 9.26. The molecule has 72 valence electrons. The molecule has 1 aliphatic carbocycles. The van der Waals surface area contributed by atoms with Crippen LogP contribution in [0.5, 0.6) is 0 Å². The van der Waals surface area contributed by atoms with Crippen LogP contribution in [0.2, 0.25) is 0 Å². The summed E-state index contributed by atoms with van der Waals surface area (Å²) in [5, 5.41) is 4.38. The maximum absolute atomic E-state index is 4.38. The lowest BCUT2D eigenvalue weighted by atomic mass is 10.1. The third kappa shape index (κ3) is 1.90. The molecule has 0 radical (unpaired) electrons. The van der Waals surface area contributed by atoms with Crippen LogP contribution in [0.4, 0.5) is 0 Å². The van der Waals surface area contributed by atoms with Gasteiger partial charge in [0.15, 0.2) is 0 Å². The van der Waals surface area contributed by atoms with Crippen LogP contribution >= 0.6 is 0 Å². The van der Waals surface area contributed by atoms with Crippen molar-refractivity contribution in [2.75, 3.05) is 0 Å². The Bertz CT molecular complexity index is 284. The van der Waals surface area contributed by atoms with E-state index in [9.17, 15) is 0 Å². The number of nitrogens with zero attached hydrogens (tertiary/aromatic N) is 3. The Hall–Kier alpha value is -0.860. The van der Waals surface area contributed by atoms with Crippen LogP contribution in [0.1, 0.15) is 37.3 Å². The third-order valence-corrected chi connectivity index (χ3v) is 2.87. The van der Waals surface area contributed by atoms with Crippen LogP contribution in [0, 0.1) is 19.8 Å². The zero-order valence-corrected chi connectivity index (χ0v) is 8.45. The van der Waals surface area contributed by atoms with E-state index < -0.39 is 0 Å². The summed E-state index contributed by atoms with van der Waals surface area (Å²) in [5.74, 6) is 2.81. The van der Waals surface area contributed by atoms with Crippen LogP contribution in [0.3, 0.4) is 0 Å². The lowest BCUT2D eigenvalue weighted by Crippen LogP contribution is -2.10. The smallest absolute Gasteiger partial charge is 0.147 e. The second kappa shape index (κ2) is 3.48. The van der Waals surface area contributed by atoms with Crippen LogP contribution in [-0.2, 0) is 6.54 Å². The standard InChI is InChI=1S/C10H17N3/c1-8-11-9(2)13(12-8)7-10-5-3-4-6-10/h10H,3-7H2,1-2H3. The Labute approximate surface area is 79.2 Å². The Morgan fingerprint density at radius 2 is 2.00 bits per heavy atom. The van der Waals surface area contributed by atoms with Crippen molar-refractivity contribution < 1.29 is 0 Å². The third-order valence-electron chi connectivity index (χ3n) is 2.87. The lowest BCUT2D eigenvalue weighted by Gasteiger charge is -2.09. The number of hydrogen-bond donors (Lipinski definition) is 0. The maximum Gasteiger partial charge on any atom is 0.147 e. The highest BCUT2D eigenvalue weighted by molar-refractivity contribution is 4.88. The molecule has 13 heavy (non-hydrogen) atoms. The Kier molecular flexibility index (Phi) is 2.34. The van der Waals surface area contributed by atoms with Crippen LogP contribution in [0.15, 0.2) is 0 Å². The van der Waals surface area contributed by atoms with Crippen LogP contribution < -0.4 is 0 Å². The summed E-state index contributed by atoms with van der Waals surface area (Å²) in [6.07, 6.45) is 5.55. The SMILES string of the molecule is Cc1nc(C)n(CC2CCCC2)n1. The zero-order valence-electron chi connectivity index (χ0n) is 8.45. The number of aromatic nitrogens is 3. The van der Waals surface area contributed by atoms with Crippen molar-refractivity contribution in [3.63, 3.8) is 0 Å². The van der Waals surface area contributed by atoms with E-state index in [0.29, 0.717) is 0 Å². The van der Waals surface area contributed by atoms with E-state index >= 15 is 0 Å². The van der Waals surface area contributed by atoms with Gasteiger partial charge in [0.2, 0.25) is 0 Å². The molecule has 0 bridgehead atoms. The van der Waals surface area contributed by atoms with Crippen LogP contribution in [-0.4, -0.2) is 14.8 Å². The van der Waals surface area contributed by atoms with Gasteiger partial charge in [-0.1, -0.05) is 12.8 Å². The van der Waals surface area contributed by atoms with Gasteiger partial charge < -0.3 is 0 Å². The van der Waals surface area contributed by atoms with E-state index in [4.69, 9.17) is 0 Å². The minimum Gasteiger partial charge on any atom is -0.250 e. The molecule has 0 aromatic carbocycles. The Morgan fingerprint density at radius 3 is 2.54 bits per heavy atom. The molecule has 1 aromatic heterocycles. The first-order valence-electron chi connectivity index (χ1n) is 5.14. The first kappa shape index (κ1) is 8.73. The summed E-state index contributed by atoms with van der Waals surface area (Å²) < 4.78 is 2.06. The highest BCUT2D eigenvalue weighted by Crippen LogP contribution is 2.26. The molecule has 1 aliphatic rings. The van der Waals surface area contributed by atoms with Crippen molar-refractivity contribution in [2.24, 2.45) is 5.92 Å². The topological polar surface area (TPSA) is 30.7 Å². The summed E-state index contributed by atoms with van der Waals surface area (Å²) in [6.45, 7) is 5.07. The maximum atomic E-state index is 4.38. The molecule has 1 heterocycles. The van der Waals surface area contributed by atoms with Crippen molar-refractivity contribution in [1.29, 1.82) is 0 Å². The molecule has 0 spiro atoms. The van der Waals surface area contributed by atoms with Gasteiger partial charge in [-0.25, -0.2) is 9.67 Å². The second-order valence-electron chi connectivity index (χ2n) is 4.04. The average Bonchev–Trinajstić information content (AvgIpc) is 2.63. The van der Waals surface area contributed by atoms with Gasteiger partial charge in [0.1, 0.15) is 11.6 Å². The van der Waals surface area contributed by atoms with E-state index in [1.807, 2.05) is 13.8 Å². The molecule has 1 fully saturated rings. The molecule has 0 unspecified atom stereocenters. The quantitative estimate of drug-likeness (QED) is 0.696. The van der Waals surface area contributed by atoms with Gasteiger partial charge in [-0.05, 0) is 32.6 Å². The van der Waals surface area contributed by atoms with E-state index in [-0.39, 0.29) is 0 Å². The first-order chi connectivity index (χ1) is 6.25. The highest BCUT2D eigenvalue weighted by Gasteiger charge is 2.16. The van der Waals surface area contributed by atoms with E-state index in [0.717, 1.165) is 24.1 Å². The van der Waals surface area contributed by atoms with Gasteiger partial charge in [0.05, 0.1) is 0 Å².